The molecule has 100 valence electrons. The maximum Gasteiger partial charge on any atom is 0.220 e. The SMILES string of the molecule is CC(=O)NCCCCCC(=O)NCc1ncc[nH]1. The van der Waals surface area contributed by atoms with Crippen LogP contribution in [-0.4, -0.2) is 28.3 Å². The quantitative estimate of drug-likeness (QED) is 0.596. The van der Waals surface area contributed by atoms with Crippen LogP contribution in [0.25, 0.3) is 0 Å². The first kappa shape index (κ1) is 14.2. The van der Waals surface area contributed by atoms with Gasteiger partial charge in [-0.15, -0.1) is 0 Å². The minimum atomic E-state index is -0.00816. The van der Waals surface area contributed by atoms with Crippen LogP contribution in [-0.2, 0) is 16.1 Å². The van der Waals surface area contributed by atoms with Gasteiger partial charge in [-0.2, -0.15) is 0 Å². The molecule has 1 aromatic heterocycles. The van der Waals surface area contributed by atoms with Gasteiger partial charge >= 0.3 is 0 Å². The second-order valence-corrected chi connectivity index (χ2v) is 4.11. The van der Waals surface area contributed by atoms with E-state index in [1.54, 1.807) is 12.4 Å². The fourth-order valence-corrected chi connectivity index (χ4v) is 1.52. The molecule has 2 amide bonds. The van der Waals surface area contributed by atoms with Gasteiger partial charge in [0.05, 0.1) is 6.54 Å². The van der Waals surface area contributed by atoms with Gasteiger partial charge in [0.2, 0.25) is 11.8 Å². The van der Waals surface area contributed by atoms with Gasteiger partial charge in [0.15, 0.2) is 0 Å². The second-order valence-electron chi connectivity index (χ2n) is 4.11. The van der Waals surface area contributed by atoms with Crippen molar-refractivity contribution in [3.63, 3.8) is 0 Å². The first-order valence-electron chi connectivity index (χ1n) is 6.18. The number of carbonyl (C=O) groups excluding carboxylic acids is 2. The molecule has 0 radical (unpaired) electrons. The Morgan fingerprint density at radius 2 is 2.11 bits per heavy atom. The van der Waals surface area contributed by atoms with E-state index in [-0.39, 0.29) is 11.8 Å². The lowest BCUT2D eigenvalue weighted by atomic mass is 10.2. The molecule has 3 N–H and O–H groups in total. The number of amides is 2. The number of carbonyl (C=O) groups is 2. The fraction of sp³-hybridized carbons (Fsp3) is 0.583. The van der Waals surface area contributed by atoms with Crippen LogP contribution < -0.4 is 10.6 Å². The van der Waals surface area contributed by atoms with Crippen LogP contribution in [0.15, 0.2) is 12.4 Å². The van der Waals surface area contributed by atoms with Crippen molar-refractivity contribution in [1.82, 2.24) is 20.6 Å². The highest BCUT2D eigenvalue weighted by Crippen LogP contribution is 1.99. The number of nitrogens with one attached hydrogen (secondary N) is 3. The number of hydrogen-bond acceptors (Lipinski definition) is 3. The van der Waals surface area contributed by atoms with E-state index in [9.17, 15) is 9.59 Å². The Morgan fingerprint density at radius 1 is 1.28 bits per heavy atom. The first-order valence-corrected chi connectivity index (χ1v) is 6.18. The van der Waals surface area contributed by atoms with Crippen molar-refractivity contribution in [1.29, 1.82) is 0 Å². The van der Waals surface area contributed by atoms with Crippen LogP contribution >= 0.6 is 0 Å². The summed E-state index contributed by atoms with van der Waals surface area (Å²) >= 11 is 0. The van der Waals surface area contributed by atoms with Gasteiger partial charge < -0.3 is 15.6 Å². The Morgan fingerprint density at radius 3 is 2.78 bits per heavy atom. The Balaban J connectivity index is 1.95. The minimum Gasteiger partial charge on any atom is -0.356 e. The second kappa shape index (κ2) is 8.27. The van der Waals surface area contributed by atoms with E-state index in [0.717, 1.165) is 25.1 Å². The van der Waals surface area contributed by atoms with E-state index < -0.39 is 0 Å². The number of rotatable bonds is 8. The van der Waals surface area contributed by atoms with Crippen LogP contribution in [0, 0.1) is 0 Å². The molecule has 0 spiro atoms. The van der Waals surface area contributed by atoms with Crippen molar-refractivity contribution in [2.75, 3.05) is 6.54 Å². The zero-order chi connectivity index (χ0) is 13.2. The lowest BCUT2D eigenvalue weighted by Crippen LogP contribution is -2.23. The predicted octanol–water partition coefficient (Wildman–Crippen LogP) is 0.722. The number of imidazole rings is 1. The molecule has 0 aliphatic rings. The van der Waals surface area contributed by atoms with E-state index in [1.807, 2.05) is 0 Å². The number of nitrogens with zero attached hydrogens (tertiary/aromatic N) is 1. The van der Waals surface area contributed by atoms with Crippen LogP contribution in [0.5, 0.6) is 0 Å². The van der Waals surface area contributed by atoms with Crippen molar-refractivity contribution in [3.8, 4) is 0 Å². The first-order chi connectivity index (χ1) is 8.68. The van der Waals surface area contributed by atoms with Crippen LogP contribution in [0.3, 0.4) is 0 Å². The average molecular weight is 252 g/mol. The highest BCUT2D eigenvalue weighted by Gasteiger charge is 2.02. The van der Waals surface area contributed by atoms with Crippen molar-refractivity contribution >= 4 is 11.8 Å². The maximum absolute atomic E-state index is 11.5. The van der Waals surface area contributed by atoms with Gasteiger partial charge in [0, 0.05) is 32.3 Å². The van der Waals surface area contributed by atoms with Gasteiger partial charge in [-0.25, -0.2) is 4.98 Å². The summed E-state index contributed by atoms with van der Waals surface area (Å²) in [5.74, 6) is 0.783. The third kappa shape index (κ3) is 6.67. The largest absolute Gasteiger partial charge is 0.356 e. The van der Waals surface area contributed by atoms with E-state index in [2.05, 4.69) is 20.6 Å². The standard InChI is InChI=1S/C12H20N4O2/c1-10(17)13-6-4-2-3-5-12(18)16-9-11-14-7-8-15-11/h7-8H,2-6,9H2,1H3,(H,13,17)(H,14,15)(H,16,18). The Bertz CT molecular complexity index is 362. The molecule has 0 fully saturated rings. The molecule has 0 aromatic carbocycles. The van der Waals surface area contributed by atoms with Crippen molar-refractivity contribution < 1.29 is 9.59 Å². The molecule has 0 aliphatic heterocycles. The van der Waals surface area contributed by atoms with Gasteiger partial charge in [-0.05, 0) is 12.8 Å². The van der Waals surface area contributed by atoms with Gasteiger partial charge in [-0.3, -0.25) is 9.59 Å². The number of hydrogen-bond donors (Lipinski definition) is 3. The Hall–Kier alpha value is -1.85. The summed E-state index contributed by atoms with van der Waals surface area (Å²) in [6, 6.07) is 0. The lowest BCUT2D eigenvalue weighted by molar-refractivity contribution is -0.121. The molecule has 1 heterocycles. The normalized spacial score (nSPS) is 10.1. The van der Waals surface area contributed by atoms with E-state index in [4.69, 9.17) is 0 Å². The van der Waals surface area contributed by atoms with Gasteiger partial charge in [0.1, 0.15) is 5.82 Å². The van der Waals surface area contributed by atoms with E-state index in [1.165, 1.54) is 6.92 Å². The molecular formula is C12H20N4O2. The summed E-state index contributed by atoms with van der Waals surface area (Å²) in [5.41, 5.74) is 0. The third-order valence-electron chi connectivity index (χ3n) is 2.46. The highest BCUT2D eigenvalue weighted by molar-refractivity contribution is 5.75. The molecule has 1 rings (SSSR count). The smallest absolute Gasteiger partial charge is 0.220 e. The number of unbranched alkanes of at least 4 members (excludes halogenated alkanes) is 2. The maximum atomic E-state index is 11.5. The number of aromatic nitrogens is 2. The fourth-order valence-electron chi connectivity index (χ4n) is 1.52. The molecule has 6 heteroatoms. The average Bonchev–Trinajstić information content (AvgIpc) is 2.83. The summed E-state index contributed by atoms with van der Waals surface area (Å²) in [7, 11) is 0. The third-order valence-corrected chi connectivity index (χ3v) is 2.46. The highest BCUT2D eigenvalue weighted by atomic mass is 16.2. The molecule has 0 saturated heterocycles. The van der Waals surface area contributed by atoms with E-state index >= 15 is 0 Å². The lowest BCUT2D eigenvalue weighted by Gasteiger charge is -2.04. The molecular weight excluding hydrogens is 232 g/mol. The van der Waals surface area contributed by atoms with Gasteiger partial charge in [0.25, 0.3) is 0 Å². The zero-order valence-corrected chi connectivity index (χ0v) is 10.7. The van der Waals surface area contributed by atoms with Gasteiger partial charge in [-0.1, -0.05) is 6.42 Å². The minimum absolute atomic E-state index is 0.00816. The summed E-state index contributed by atoms with van der Waals surface area (Å²) in [5, 5.41) is 5.52. The van der Waals surface area contributed by atoms with Crippen LogP contribution in [0.4, 0.5) is 0 Å². The number of aromatic amines is 1. The van der Waals surface area contributed by atoms with Crippen molar-refractivity contribution in [2.24, 2.45) is 0 Å². The molecule has 0 bridgehead atoms. The van der Waals surface area contributed by atoms with Crippen molar-refractivity contribution in [2.45, 2.75) is 39.2 Å². The van der Waals surface area contributed by atoms with Crippen LogP contribution in [0.2, 0.25) is 0 Å². The molecule has 0 saturated carbocycles. The number of H-pyrrole nitrogens is 1. The molecule has 6 nitrogen and oxygen atoms in total. The topological polar surface area (TPSA) is 86.9 Å². The summed E-state index contributed by atoms with van der Waals surface area (Å²) in [6.45, 7) is 2.63. The summed E-state index contributed by atoms with van der Waals surface area (Å²) in [4.78, 5) is 29.0. The van der Waals surface area contributed by atoms with E-state index in [0.29, 0.717) is 19.5 Å². The summed E-state index contributed by atoms with van der Waals surface area (Å²) in [6.07, 6.45) is 6.58. The Kier molecular flexibility index (Phi) is 6.53. The van der Waals surface area contributed by atoms with Crippen molar-refractivity contribution in [3.05, 3.63) is 18.2 Å². The molecule has 1 aromatic rings. The Labute approximate surface area is 107 Å². The summed E-state index contributed by atoms with van der Waals surface area (Å²) < 4.78 is 0. The zero-order valence-electron chi connectivity index (χ0n) is 10.7. The molecule has 18 heavy (non-hydrogen) atoms. The molecule has 0 aliphatic carbocycles. The van der Waals surface area contributed by atoms with Crippen LogP contribution in [0.1, 0.15) is 38.4 Å². The monoisotopic (exact) mass is 252 g/mol. The molecule has 0 atom stereocenters. The predicted molar refractivity (Wildman–Crippen MR) is 67.6 cm³/mol. The molecule has 0 unspecified atom stereocenters.